The number of aliphatic imine (C=N–C) groups is 1. The van der Waals surface area contributed by atoms with Crippen LogP contribution in [0.4, 0.5) is 4.79 Å². The number of carbonyl (C=O) groups is 1. The molecule has 1 saturated heterocycles. The van der Waals surface area contributed by atoms with Crippen LogP contribution in [0.5, 0.6) is 0 Å². The van der Waals surface area contributed by atoms with Gasteiger partial charge in [0.2, 0.25) is 0 Å². The first-order valence-corrected chi connectivity index (χ1v) is 11.4. The molecule has 1 atom stereocenters. The van der Waals surface area contributed by atoms with Gasteiger partial charge in [0.15, 0.2) is 5.96 Å². The molecular weight excluding hydrogens is 531 g/mol. The van der Waals surface area contributed by atoms with Gasteiger partial charge >= 0.3 is 6.09 Å². The van der Waals surface area contributed by atoms with E-state index < -0.39 is 5.60 Å². The summed E-state index contributed by atoms with van der Waals surface area (Å²) in [6.07, 6.45) is 5.29. The summed E-state index contributed by atoms with van der Waals surface area (Å²) < 4.78 is 7.55. The number of ether oxygens (including phenoxy) is 1. The van der Waals surface area contributed by atoms with Crippen LogP contribution in [-0.2, 0) is 24.2 Å². The molecule has 182 valence electrons. The zero-order valence-corrected chi connectivity index (χ0v) is 22.4. The molecule has 1 aromatic heterocycles. The smallest absolute Gasteiger partial charge is 0.407 e. The number of alkyl carbamates (subject to hydrolysis) is 1. The molecule has 0 aliphatic carbocycles. The van der Waals surface area contributed by atoms with Gasteiger partial charge in [0.1, 0.15) is 18.0 Å². The highest BCUT2D eigenvalue weighted by molar-refractivity contribution is 14.0. The first-order valence-electron chi connectivity index (χ1n) is 11.4. The van der Waals surface area contributed by atoms with E-state index >= 15 is 0 Å². The van der Waals surface area contributed by atoms with Gasteiger partial charge in [-0.25, -0.2) is 14.8 Å². The third kappa shape index (κ3) is 8.87. The Labute approximate surface area is 214 Å². The van der Waals surface area contributed by atoms with Crippen molar-refractivity contribution in [3.63, 3.8) is 0 Å². The number of hydrogen-bond donors (Lipinski definition) is 2. The van der Waals surface area contributed by atoms with Crippen LogP contribution in [0.25, 0.3) is 0 Å². The molecule has 1 aliphatic rings. The monoisotopic (exact) mass is 568 g/mol. The second-order valence-electron chi connectivity index (χ2n) is 9.02. The van der Waals surface area contributed by atoms with Gasteiger partial charge in [-0.3, -0.25) is 0 Å². The number of nitrogens with zero attached hydrogens (tertiary/aromatic N) is 4. The molecule has 1 aliphatic heterocycles. The molecule has 2 heterocycles. The normalized spacial score (nSPS) is 16.3. The molecule has 0 unspecified atom stereocenters. The van der Waals surface area contributed by atoms with E-state index in [-0.39, 0.29) is 36.1 Å². The Morgan fingerprint density at radius 2 is 2.03 bits per heavy atom. The van der Waals surface area contributed by atoms with E-state index in [1.165, 1.54) is 5.56 Å². The predicted molar refractivity (Wildman–Crippen MR) is 142 cm³/mol. The molecule has 1 amide bonds. The minimum absolute atomic E-state index is 0. The van der Waals surface area contributed by atoms with Crippen molar-refractivity contribution in [2.24, 2.45) is 4.99 Å². The van der Waals surface area contributed by atoms with Crippen molar-refractivity contribution >= 4 is 36.0 Å². The highest BCUT2D eigenvalue weighted by Gasteiger charge is 2.27. The number of guanidine groups is 1. The fourth-order valence-corrected chi connectivity index (χ4v) is 3.71. The lowest BCUT2D eigenvalue weighted by Crippen LogP contribution is -2.44. The zero-order chi connectivity index (χ0) is 23.0. The maximum atomic E-state index is 12.1. The Morgan fingerprint density at radius 1 is 1.27 bits per heavy atom. The molecule has 33 heavy (non-hydrogen) atoms. The highest BCUT2D eigenvalue weighted by Crippen LogP contribution is 2.13. The standard InChI is InChI=1S/C24H36N6O2.HI/c1-5-25-22(30-15-12-20(18-30)28-23(31)32-24(2,3)4)27-17-21-26-13-16-29(21)14-11-19-9-7-6-8-10-19;/h6-10,13,16,20H,5,11-12,14-15,17-18H2,1-4H3,(H,25,27)(H,28,31);1H/t20-;/m1./s1. The number of amides is 1. The Bertz CT molecular complexity index is 894. The second kappa shape index (κ2) is 12.8. The first-order chi connectivity index (χ1) is 15.3. The molecule has 0 radical (unpaired) electrons. The van der Waals surface area contributed by atoms with Gasteiger partial charge in [-0.15, -0.1) is 24.0 Å². The van der Waals surface area contributed by atoms with E-state index in [2.05, 4.69) is 56.3 Å². The predicted octanol–water partition coefficient (Wildman–Crippen LogP) is 3.81. The van der Waals surface area contributed by atoms with Crippen molar-refractivity contribution in [3.8, 4) is 0 Å². The van der Waals surface area contributed by atoms with Crippen LogP contribution in [-0.4, -0.2) is 57.8 Å². The summed E-state index contributed by atoms with van der Waals surface area (Å²) in [7, 11) is 0. The fraction of sp³-hybridized carbons (Fsp3) is 0.542. The van der Waals surface area contributed by atoms with E-state index in [1.807, 2.05) is 39.2 Å². The molecule has 3 rings (SSSR count). The molecule has 2 N–H and O–H groups in total. The average Bonchev–Trinajstić information content (AvgIpc) is 3.38. The van der Waals surface area contributed by atoms with Crippen molar-refractivity contribution in [3.05, 3.63) is 54.1 Å². The van der Waals surface area contributed by atoms with Crippen LogP contribution in [0, 0.1) is 0 Å². The number of likely N-dealkylation sites (tertiary alicyclic amines) is 1. The second-order valence-corrected chi connectivity index (χ2v) is 9.02. The van der Waals surface area contributed by atoms with Crippen molar-refractivity contribution in [1.29, 1.82) is 0 Å². The lowest BCUT2D eigenvalue weighted by Gasteiger charge is -2.23. The molecule has 1 aromatic carbocycles. The number of aryl methyl sites for hydroxylation is 2. The van der Waals surface area contributed by atoms with E-state index in [0.29, 0.717) is 13.1 Å². The number of nitrogens with one attached hydrogen (secondary N) is 2. The average molecular weight is 569 g/mol. The zero-order valence-electron chi connectivity index (χ0n) is 20.1. The Kier molecular flexibility index (Phi) is 10.5. The quantitative estimate of drug-likeness (QED) is 0.302. The minimum Gasteiger partial charge on any atom is -0.444 e. The van der Waals surface area contributed by atoms with Gasteiger partial charge in [0.25, 0.3) is 0 Å². The molecule has 2 aromatic rings. The van der Waals surface area contributed by atoms with E-state index in [1.54, 1.807) is 0 Å². The van der Waals surface area contributed by atoms with E-state index in [9.17, 15) is 4.79 Å². The number of halogens is 1. The van der Waals surface area contributed by atoms with Crippen LogP contribution in [0.2, 0.25) is 0 Å². The number of rotatable bonds is 7. The largest absolute Gasteiger partial charge is 0.444 e. The molecule has 0 bridgehead atoms. The van der Waals surface area contributed by atoms with Gasteiger partial charge in [-0.1, -0.05) is 30.3 Å². The van der Waals surface area contributed by atoms with E-state index in [4.69, 9.17) is 9.73 Å². The summed E-state index contributed by atoms with van der Waals surface area (Å²) >= 11 is 0. The third-order valence-electron chi connectivity index (χ3n) is 5.20. The van der Waals surface area contributed by atoms with Gasteiger partial charge in [-0.05, 0) is 46.1 Å². The Morgan fingerprint density at radius 3 is 2.73 bits per heavy atom. The minimum atomic E-state index is -0.499. The lowest BCUT2D eigenvalue weighted by atomic mass is 10.1. The topological polar surface area (TPSA) is 83.8 Å². The summed E-state index contributed by atoms with van der Waals surface area (Å²) in [5, 5.41) is 6.34. The third-order valence-corrected chi connectivity index (χ3v) is 5.20. The van der Waals surface area contributed by atoms with Crippen LogP contribution >= 0.6 is 24.0 Å². The van der Waals surface area contributed by atoms with Crippen molar-refractivity contribution < 1.29 is 9.53 Å². The molecule has 9 heteroatoms. The first kappa shape index (κ1) is 26.9. The summed E-state index contributed by atoms with van der Waals surface area (Å²) in [6.45, 7) is 11.3. The summed E-state index contributed by atoms with van der Waals surface area (Å²) in [4.78, 5) is 23.6. The molecule has 1 fully saturated rings. The highest BCUT2D eigenvalue weighted by atomic mass is 127. The van der Waals surface area contributed by atoms with Crippen LogP contribution in [0.1, 0.15) is 45.5 Å². The SMILES string of the molecule is CCNC(=NCc1nccn1CCc1ccccc1)N1CC[C@@H](NC(=O)OC(C)(C)C)C1.I. The van der Waals surface area contributed by atoms with Gasteiger partial charge in [0, 0.05) is 38.6 Å². The van der Waals surface area contributed by atoms with Crippen LogP contribution in [0.3, 0.4) is 0 Å². The lowest BCUT2D eigenvalue weighted by molar-refractivity contribution is 0.0507. The van der Waals surface area contributed by atoms with Gasteiger partial charge in [-0.2, -0.15) is 0 Å². The summed E-state index contributed by atoms with van der Waals surface area (Å²) in [6, 6.07) is 10.5. The number of aromatic nitrogens is 2. The van der Waals surface area contributed by atoms with Crippen LogP contribution < -0.4 is 10.6 Å². The fourth-order valence-electron chi connectivity index (χ4n) is 3.71. The summed E-state index contributed by atoms with van der Waals surface area (Å²) in [5.74, 6) is 1.79. The number of hydrogen-bond acceptors (Lipinski definition) is 4. The Balaban J connectivity index is 0.00000385. The summed E-state index contributed by atoms with van der Waals surface area (Å²) in [5.41, 5.74) is 0.811. The molecule has 8 nitrogen and oxygen atoms in total. The number of imidazole rings is 1. The van der Waals surface area contributed by atoms with Gasteiger partial charge < -0.3 is 24.8 Å². The maximum absolute atomic E-state index is 12.1. The molecule has 0 saturated carbocycles. The van der Waals surface area contributed by atoms with Crippen molar-refractivity contribution in [2.45, 2.75) is 65.3 Å². The molecular formula is C24H37IN6O2. The van der Waals surface area contributed by atoms with Crippen molar-refractivity contribution in [2.75, 3.05) is 19.6 Å². The number of benzene rings is 1. The van der Waals surface area contributed by atoms with Crippen LogP contribution in [0.15, 0.2) is 47.7 Å². The molecule has 0 spiro atoms. The van der Waals surface area contributed by atoms with E-state index in [0.717, 1.165) is 44.3 Å². The van der Waals surface area contributed by atoms with Gasteiger partial charge in [0.05, 0.1) is 6.04 Å². The number of carbonyl (C=O) groups excluding carboxylic acids is 1. The Hall–Kier alpha value is -2.30. The van der Waals surface area contributed by atoms with Crippen molar-refractivity contribution in [1.82, 2.24) is 25.1 Å². The maximum Gasteiger partial charge on any atom is 0.407 e.